The number of hydrogen-bond donors (Lipinski definition) is 0. The molecule has 15 heavy (non-hydrogen) atoms. The number of methoxy groups -OCH3 is 1. The molecule has 0 aliphatic rings. The summed E-state index contributed by atoms with van der Waals surface area (Å²) in [6, 6.07) is 10.1. The number of esters is 1. The predicted molar refractivity (Wildman–Crippen MR) is 60.5 cm³/mol. The van der Waals surface area contributed by atoms with Gasteiger partial charge in [-0.2, -0.15) is 0 Å². The molecular weight excluding hydrogens is 188 g/mol. The average Bonchev–Trinajstić information content (AvgIpc) is 2.31. The highest BCUT2D eigenvalue weighted by Gasteiger charge is 2.14. The van der Waals surface area contributed by atoms with Crippen molar-refractivity contribution in [3.05, 3.63) is 48.6 Å². The fourth-order valence-corrected chi connectivity index (χ4v) is 1.45. The first-order chi connectivity index (χ1) is 7.27. The number of carbonyl (C=O) groups is 1. The molecule has 0 aliphatic carbocycles. The van der Waals surface area contributed by atoms with Crippen molar-refractivity contribution in [1.29, 1.82) is 0 Å². The summed E-state index contributed by atoms with van der Waals surface area (Å²) >= 11 is 0. The van der Waals surface area contributed by atoms with Crippen LogP contribution >= 0.6 is 0 Å². The molecule has 80 valence electrons. The molecule has 1 atom stereocenters. The van der Waals surface area contributed by atoms with Crippen LogP contribution in [0.4, 0.5) is 0 Å². The lowest BCUT2D eigenvalue weighted by molar-refractivity contribution is -0.143. The van der Waals surface area contributed by atoms with E-state index in [1.165, 1.54) is 12.7 Å². The molecule has 0 N–H and O–H groups in total. The van der Waals surface area contributed by atoms with Crippen LogP contribution in [0, 0.1) is 5.92 Å². The standard InChI is InChI=1S/C13H16O2/c1-3-12(13(14)15-2)10-9-11-7-5-4-6-8-11/h3-8,12H,1,9-10H2,2H3/t12-/m0/s1. The summed E-state index contributed by atoms with van der Waals surface area (Å²) in [5, 5.41) is 0. The molecule has 2 heteroatoms. The number of hydrogen-bond acceptors (Lipinski definition) is 2. The molecule has 0 unspecified atom stereocenters. The van der Waals surface area contributed by atoms with Crippen molar-refractivity contribution in [2.24, 2.45) is 5.92 Å². The highest BCUT2D eigenvalue weighted by molar-refractivity contribution is 5.74. The highest BCUT2D eigenvalue weighted by atomic mass is 16.5. The lowest BCUT2D eigenvalue weighted by atomic mass is 10.00. The lowest BCUT2D eigenvalue weighted by Crippen LogP contribution is -2.14. The van der Waals surface area contributed by atoms with Crippen molar-refractivity contribution in [2.75, 3.05) is 7.11 Å². The quantitative estimate of drug-likeness (QED) is 0.544. The van der Waals surface area contributed by atoms with Gasteiger partial charge in [0, 0.05) is 0 Å². The normalized spacial score (nSPS) is 11.8. The summed E-state index contributed by atoms with van der Waals surface area (Å²) in [5.41, 5.74) is 1.23. The van der Waals surface area contributed by atoms with Crippen molar-refractivity contribution in [2.45, 2.75) is 12.8 Å². The Labute approximate surface area is 90.6 Å². The van der Waals surface area contributed by atoms with Crippen LogP contribution < -0.4 is 0 Å². The van der Waals surface area contributed by atoms with Gasteiger partial charge in [0.15, 0.2) is 0 Å². The van der Waals surface area contributed by atoms with Crippen LogP contribution in [0.15, 0.2) is 43.0 Å². The van der Waals surface area contributed by atoms with Gasteiger partial charge in [-0.3, -0.25) is 4.79 Å². The van der Waals surface area contributed by atoms with Gasteiger partial charge in [-0.15, -0.1) is 6.58 Å². The van der Waals surface area contributed by atoms with Gasteiger partial charge in [-0.05, 0) is 18.4 Å². The van der Waals surface area contributed by atoms with Gasteiger partial charge >= 0.3 is 5.97 Å². The van der Waals surface area contributed by atoms with E-state index in [1.54, 1.807) is 6.08 Å². The Hall–Kier alpha value is -1.57. The van der Waals surface area contributed by atoms with Gasteiger partial charge in [0.2, 0.25) is 0 Å². The Kier molecular flexibility index (Phi) is 4.61. The van der Waals surface area contributed by atoms with E-state index in [4.69, 9.17) is 0 Å². The molecule has 1 aromatic rings. The number of carbonyl (C=O) groups excluding carboxylic acids is 1. The van der Waals surface area contributed by atoms with Crippen LogP contribution in [-0.4, -0.2) is 13.1 Å². The fraction of sp³-hybridized carbons (Fsp3) is 0.308. The first kappa shape index (κ1) is 11.5. The van der Waals surface area contributed by atoms with Gasteiger partial charge in [0.25, 0.3) is 0 Å². The zero-order chi connectivity index (χ0) is 11.1. The monoisotopic (exact) mass is 204 g/mol. The summed E-state index contributed by atoms with van der Waals surface area (Å²) in [6.45, 7) is 3.64. The van der Waals surface area contributed by atoms with E-state index in [0.717, 1.165) is 12.8 Å². The van der Waals surface area contributed by atoms with Gasteiger partial charge in [0.05, 0.1) is 13.0 Å². The molecule has 2 nitrogen and oxygen atoms in total. The maximum atomic E-state index is 11.3. The molecule has 0 spiro atoms. The molecule has 0 amide bonds. The lowest BCUT2D eigenvalue weighted by Gasteiger charge is -2.09. The van der Waals surface area contributed by atoms with E-state index >= 15 is 0 Å². The number of rotatable bonds is 5. The van der Waals surface area contributed by atoms with Crippen LogP contribution in [0.1, 0.15) is 12.0 Å². The molecule has 0 saturated carbocycles. The van der Waals surface area contributed by atoms with E-state index in [1.807, 2.05) is 18.2 Å². The number of benzene rings is 1. The van der Waals surface area contributed by atoms with Crippen LogP contribution in [0.25, 0.3) is 0 Å². The van der Waals surface area contributed by atoms with E-state index in [9.17, 15) is 4.79 Å². The second-order valence-electron chi connectivity index (χ2n) is 3.39. The Bertz CT molecular complexity index is 317. The predicted octanol–water partition coefficient (Wildman–Crippen LogP) is 2.59. The van der Waals surface area contributed by atoms with Crippen LogP contribution in [0.3, 0.4) is 0 Å². The minimum absolute atomic E-state index is 0.199. The molecule has 0 bridgehead atoms. The third-order valence-electron chi connectivity index (χ3n) is 2.38. The second kappa shape index (κ2) is 6.02. The maximum Gasteiger partial charge on any atom is 0.312 e. The summed E-state index contributed by atoms with van der Waals surface area (Å²) in [6.07, 6.45) is 3.27. The van der Waals surface area contributed by atoms with Crippen molar-refractivity contribution >= 4 is 5.97 Å². The Morgan fingerprint density at radius 3 is 2.67 bits per heavy atom. The summed E-state index contributed by atoms with van der Waals surface area (Å²) in [7, 11) is 1.40. The zero-order valence-electron chi connectivity index (χ0n) is 8.98. The molecule has 0 saturated heterocycles. The third kappa shape index (κ3) is 3.58. The minimum atomic E-state index is -0.207. The SMILES string of the molecule is C=C[C@@H](CCc1ccccc1)C(=O)OC. The van der Waals surface area contributed by atoms with Gasteiger partial charge in [0.1, 0.15) is 0 Å². The van der Waals surface area contributed by atoms with Crippen LogP contribution in [-0.2, 0) is 16.0 Å². The zero-order valence-corrected chi connectivity index (χ0v) is 8.98. The largest absolute Gasteiger partial charge is 0.469 e. The first-order valence-corrected chi connectivity index (χ1v) is 5.02. The minimum Gasteiger partial charge on any atom is -0.469 e. The molecular formula is C13H16O2. The van der Waals surface area contributed by atoms with E-state index in [2.05, 4.69) is 23.4 Å². The fourth-order valence-electron chi connectivity index (χ4n) is 1.45. The molecule has 0 aromatic heterocycles. The second-order valence-corrected chi connectivity index (χ2v) is 3.39. The van der Waals surface area contributed by atoms with Crippen molar-refractivity contribution in [3.8, 4) is 0 Å². The summed E-state index contributed by atoms with van der Waals surface area (Å²) in [5.74, 6) is -0.406. The molecule has 0 radical (unpaired) electrons. The third-order valence-corrected chi connectivity index (χ3v) is 2.38. The van der Waals surface area contributed by atoms with E-state index in [-0.39, 0.29) is 11.9 Å². The van der Waals surface area contributed by atoms with Crippen LogP contribution in [0.5, 0.6) is 0 Å². The van der Waals surface area contributed by atoms with E-state index in [0.29, 0.717) is 0 Å². The summed E-state index contributed by atoms with van der Waals surface area (Å²) in [4.78, 5) is 11.3. The van der Waals surface area contributed by atoms with Gasteiger partial charge < -0.3 is 4.74 Å². The van der Waals surface area contributed by atoms with Gasteiger partial charge in [-0.1, -0.05) is 36.4 Å². The first-order valence-electron chi connectivity index (χ1n) is 5.02. The van der Waals surface area contributed by atoms with Crippen molar-refractivity contribution in [1.82, 2.24) is 0 Å². The molecule has 1 rings (SSSR count). The van der Waals surface area contributed by atoms with E-state index < -0.39 is 0 Å². The molecule has 0 fully saturated rings. The van der Waals surface area contributed by atoms with Crippen molar-refractivity contribution in [3.63, 3.8) is 0 Å². The Balaban J connectivity index is 2.48. The van der Waals surface area contributed by atoms with Gasteiger partial charge in [-0.25, -0.2) is 0 Å². The molecule has 0 aliphatic heterocycles. The summed E-state index contributed by atoms with van der Waals surface area (Å²) < 4.78 is 4.68. The van der Waals surface area contributed by atoms with Crippen molar-refractivity contribution < 1.29 is 9.53 Å². The molecule has 0 heterocycles. The topological polar surface area (TPSA) is 26.3 Å². The maximum absolute atomic E-state index is 11.3. The highest BCUT2D eigenvalue weighted by Crippen LogP contribution is 2.12. The number of ether oxygens (including phenoxy) is 1. The van der Waals surface area contributed by atoms with Crippen LogP contribution in [0.2, 0.25) is 0 Å². The molecule has 1 aromatic carbocycles. The average molecular weight is 204 g/mol. The Morgan fingerprint density at radius 1 is 1.47 bits per heavy atom. The number of aryl methyl sites for hydroxylation is 1. The Morgan fingerprint density at radius 2 is 2.13 bits per heavy atom. The smallest absolute Gasteiger partial charge is 0.312 e.